The molecule has 1 aromatic carbocycles. The van der Waals surface area contributed by atoms with Gasteiger partial charge in [-0.15, -0.1) is 0 Å². The number of rotatable bonds is 4. The van der Waals surface area contributed by atoms with Gasteiger partial charge in [0.25, 0.3) is 0 Å². The third-order valence-corrected chi connectivity index (χ3v) is 2.48. The number of urea groups is 1. The molecule has 0 radical (unpaired) electrons. The van der Waals surface area contributed by atoms with Gasteiger partial charge >= 0.3 is 12.0 Å². The molecule has 6 nitrogen and oxygen atoms in total. The molecular formula is C13H17FN2O4. The van der Waals surface area contributed by atoms with E-state index in [1.165, 1.54) is 19.2 Å². The Balaban J connectivity index is 2.86. The van der Waals surface area contributed by atoms with Crippen molar-refractivity contribution in [1.82, 2.24) is 5.32 Å². The molecule has 2 amide bonds. The number of hydrogen-bond donors (Lipinski definition) is 3. The van der Waals surface area contributed by atoms with Crippen molar-refractivity contribution in [3.05, 3.63) is 29.6 Å². The smallest absolute Gasteiger partial charge is 0.337 e. The highest BCUT2D eigenvalue weighted by molar-refractivity contribution is 5.94. The molecule has 0 unspecified atom stereocenters. The Labute approximate surface area is 115 Å². The molecule has 0 spiro atoms. The van der Waals surface area contributed by atoms with Crippen LogP contribution < -0.4 is 10.6 Å². The zero-order valence-electron chi connectivity index (χ0n) is 11.5. The normalized spacial score (nSPS) is 10.8. The number of amides is 2. The summed E-state index contributed by atoms with van der Waals surface area (Å²) >= 11 is 0. The number of halogens is 1. The van der Waals surface area contributed by atoms with E-state index in [-0.39, 0.29) is 17.9 Å². The number of nitrogens with one attached hydrogen (secondary N) is 2. The number of benzene rings is 1. The maximum Gasteiger partial charge on any atom is 0.337 e. The predicted octanol–water partition coefficient (Wildman–Crippen LogP) is 1.50. The molecular weight excluding hydrogens is 267 g/mol. The van der Waals surface area contributed by atoms with Gasteiger partial charge in [0.1, 0.15) is 5.82 Å². The molecule has 0 heterocycles. The van der Waals surface area contributed by atoms with Gasteiger partial charge in [0.2, 0.25) is 0 Å². The van der Waals surface area contributed by atoms with Gasteiger partial charge in [-0.2, -0.15) is 0 Å². The molecule has 0 fully saturated rings. The standard InChI is InChI=1S/C13H17FN2O4/c1-13(2,7-17)16-12(19)15-10-6-8(11(18)20-3)4-5-9(10)14/h4-6,17H,7H2,1-3H3,(H2,15,16,19). The zero-order valence-corrected chi connectivity index (χ0v) is 11.5. The van der Waals surface area contributed by atoms with Gasteiger partial charge < -0.3 is 20.5 Å². The van der Waals surface area contributed by atoms with Gasteiger partial charge in [-0.25, -0.2) is 14.0 Å². The molecule has 0 aliphatic carbocycles. The number of carbonyl (C=O) groups is 2. The number of hydrogen-bond acceptors (Lipinski definition) is 4. The lowest BCUT2D eigenvalue weighted by molar-refractivity contribution is 0.0600. The molecule has 1 aromatic rings. The van der Waals surface area contributed by atoms with E-state index in [2.05, 4.69) is 15.4 Å². The van der Waals surface area contributed by atoms with Crippen LogP contribution in [0.5, 0.6) is 0 Å². The summed E-state index contributed by atoms with van der Waals surface area (Å²) < 4.78 is 18.1. The highest BCUT2D eigenvalue weighted by Gasteiger charge is 2.20. The lowest BCUT2D eigenvalue weighted by Crippen LogP contribution is -2.48. The first kappa shape index (κ1) is 15.9. The molecule has 0 aromatic heterocycles. The van der Waals surface area contributed by atoms with Crippen molar-refractivity contribution in [2.24, 2.45) is 0 Å². The third-order valence-electron chi connectivity index (χ3n) is 2.48. The van der Waals surface area contributed by atoms with Crippen molar-refractivity contribution in [3.63, 3.8) is 0 Å². The summed E-state index contributed by atoms with van der Waals surface area (Å²) in [5, 5.41) is 13.8. The van der Waals surface area contributed by atoms with Crippen LogP contribution in [0.15, 0.2) is 18.2 Å². The second kappa shape index (κ2) is 6.33. The largest absolute Gasteiger partial charge is 0.465 e. The minimum Gasteiger partial charge on any atom is -0.465 e. The maximum atomic E-state index is 13.6. The highest BCUT2D eigenvalue weighted by Crippen LogP contribution is 2.17. The Bertz CT molecular complexity index is 517. The molecule has 110 valence electrons. The van der Waals surface area contributed by atoms with Crippen molar-refractivity contribution in [3.8, 4) is 0 Å². The summed E-state index contributed by atoms with van der Waals surface area (Å²) in [6.45, 7) is 2.94. The quantitative estimate of drug-likeness (QED) is 0.731. The Morgan fingerprint density at radius 2 is 2.05 bits per heavy atom. The molecule has 20 heavy (non-hydrogen) atoms. The molecule has 0 saturated carbocycles. The SMILES string of the molecule is COC(=O)c1ccc(F)c(NC(=O)NC(C)(C)CO)c1. The van der Waals surface area contributed by atoms with Crippen LogP contribution in [-0.2, 0) is 4.74 Å². The van der Waals surface area contributed by atoms with Crippen LogP contribution in [0.4, 0.5) is 14.9 Å². The van der Waals surface area contributed by atoms with Gasteiger partial charge in [-0.05, 0) is 32.0 Å². The number of methoxy groups -OCH3 is 1. The van der Waals surface area contributed by atoms with Crippen LogP contribution in [0.25, 0.3) is 0 Å². The van der Waals surface area contributed by atoms with E-state index < -0.39 is 23.4 Å². The van der Waals surface area contributed by atoms with Crippen molar-refractivity contribution in [2.45, 2.75) is 19.4 Å². The molecule has 0 bridgehead atoms. The predicted molar refractivity (Wildman–Crippen MR) is 71.1 cm³/mol. The third kappa shape index (κ3) is 4.20. The van der Waals surface area contributed by atoms with Crippen LogP contribution in [0, 0.1) is 5.82 Å². The van der Waals surface area contributed by atoms with E-state index in [4.69, 9.17) is 5.11 Å². The average Bonchev–Trinajstić information content (AvgIpc) is 2.39. The summed E-state index contributed by atoms with van der Waals surface area (Å²) in [5.41, 5.74) is -0.884. The fourth-order valence-corrected chi connectivity index (χ4v) is 1.37. The van der Waals surface area contributed by atoms with Crippen LogP contribution in [-0.4, -0.2) is 36.4 Å². The minimum absolute atomic E-state index is 0.116. The summed E-state index contributed by atoms with van der Waals surface area (Å²) in [5.74, 6) is -1.32. The Hall–Kier alpha value is -2.15. The molecule has 0 aliphatic rings. The minimum atomic E-state index is -0.847. The first-order valence-corrected chi connectivity index (χ1v) is 5.87. The van der Waals surface area contributed by atoms with E-state index in [1.54, 1.807) is 13.8 Å². The number of ether oxygens (including phenoxy) is 1. The molecule has 0 aliphatic heterocycles. The number of esters is 1. The average molecular weight is 284 g/mol. The maximum absolute atomic E-state index is 13.6. The number of carbonyl (C=O) groups excluding carboxylic acids is 2. The molecule has 0 atom stereocenters. The van der Waals surface area contributed by atoms with Gasteiger partial charge in [-0.3, -0.25) is 0 Å². The highest BCUT2D eigenvalue weighted by atomic mass is 19.1. The molecule has 0 saturated heterocycles. The van der Waals surface area contributed by atoms with Crippen molar-refractivity contribution < 1.29 is 23.8 Å². The monoisotopic (exact) mass is 284 g/mol. The number of aliphatic hydroxyl groups is 1. The number of aliphatic hydroxyl groups excluding tert-OH is 1. The lowest BCUT2D eigenvalue weighted by atomic mass is 10.1. The van der Waals surface area contributed by atoms with E-state index in [0.29, 0.717) is 0 Å². The fraction of sp³-hybridized carbons (Fsp3) is 0.385. The molecule has 3 N–H and O–H groups in total. The summed E-state index contributed by atoms with van der Waals surface area (Å²) in [6.07, 6.45) is 0. The van der Waals surface area contributed by atoms with E-state index in [0.717, 1.165) is 6.07 Å². The Morgan fingerprint density at radius 3 is 2.60 bits per heavy atom. The van der Waals surface area contributed by atoms with Gasteiger partial charge in [-0.1, -0.05) is 0 Å². The summed E-state index contributed by atoms with van der Waals surface area (Å²) in [6, 6.07) is 2.79. The van der Waals surface area contributed by atoms with Crippen LogP contribution in [0.3, 0.4) is 0 Å². The zero-order chi connectivity index (χ0) is 15.3. The van der Waals surface area contributed by atoms with Crippen molar-refractivity contribution in [1.29, 1.82) is 0 Å². The van der Waals surface area contributed by atoms with Crippen LogP contribution in [0.1, 0.15) is 24.2 Å². The van der Waals surface area contributed by atoms with Crippen molar-refractivity contribution in [2.75, 3.05) is 19.0 Å². The van der Waals surface area contributed by atoms with Crippen molar-refractivity contribution >= 4 is 17.7 Å². The van der Waals surface area contributed by atoms with E-state index in [9.17, 15) is 14.0 Å². The summed E-state index contributed by atoms with van der Waals surface area (Å²) in [4.78, 5) is 23.0. The van der Waals surface area contributed by atoms with E-state index in [1.807, 2.05) is 0 Å². The topological polar surface area (TPSA) is 87.7 Å². The fourth-order valence-electron chi connectivity index (χ4n) is 1.37. The Kier molecular flexibility index (Phi) is 5.04. The second-order valence-corrected chi connectivity index (χ2v) is 4.81. The summed E-state index contributed by atoms with van der Waals surface area (Å²) in [7, 11) is 1.20. The van der Waals surface area contributed by atoms with Gasteiger partial charge in [0.15, 0.2) is 0 Å². The van der Waals surface area contributed by atoms with Gasteiger partial charge in [0, 0.05) is 0 Å². The molecule has 1 rings (SSSR count). The first-order valence-electron chi connectivity index (χ1n) is 5.87. The van der Waals surface area contributed by atoms with Crippen LogP contribution in [0.2, 0.25) is 0 Å². The lowest BCUT2D eigenvalue weighted by Gasteiger charge is -2.23. The number of anilines is 1. The molecule has 7 heteroatoms. The van der Waals surface area contributed by atoms with Gasteiger partial charge in [0.05, 0.1) is 30.5 Å². The van der Waals surface area contributed by atoms with E-state index >= 15 is 0 Å². The second-order valence-electron chi connectivity index (χ2n) is 4.81. The first-order chi connectivity index (χ1) is 9.29. The van der Waals surface area contributed by atoms with Crippen LogP contribution >= 0.6 is 0 Å². The Morgan fingerprint density at radius 1 is 1.40 bits per heavy atom.